The van der Waals surface area contributed by atoms with Crippen molar-refractivity contribution in [1.29, 1.82) is 0 Å². The number of aromatic nitrogens is 2. The van der Waals surface area contributed by atoms with E-state index in [1.54, 1.807) is 0 Å². The zero-order valence-electron chi connectivity index (χ0n) is 6.26. The monoisotopic (exact) mass is 158 g/mol. The van der Waals surface area contributed by atoms with Crippen LogP contribution in [0.15, 0.2) is 6.07 Å². The van der Waals surface area contributed by atoms with Gasteiger partial charge in [0.25, 0.3) is 0 Å². The second-order valence-electron chi connectivity index (χ2n) is 2.13. The van der Waals surface area contributed by atoms with Crippen LogP contribution in [0.2, 0.25) is 5.15 Å². The highest BCUT2D eigenvalue weighted by atomic mass is 35.5. The van der Waals surface area contributed by atoms with Crippen molar-refractivity contribution in [3.63, 3.8) is 0 Å². The zero-order chi connectivity index (χ0) is 7.56. The van der Waals surface area contributed by atoms with Crippen molar-refractivity contribution in [3.8, 4) is 0 Å². The molecule has 2 nitrogen and oxygen atoms in total. The molecule has 1 aromatic heterocycles. The summed E-state index contributed by atoms with van der Waals surface area (Å²) in [5.74, 6) is 0. The lowest BCUT2D eigenvalue weighted by Gasteiger charge is -1.98. The van der Waals surface area contributed by atoms with Crippen LogP contribution in [0.3, 0.4) is 0 Å². The SMILES string of the molecule is CCc1cc(Cl)nn1CC. The van der Waals surface area contributed by atoms with Crippen LogP contribution in [0, 0.1) is 0 Å². The molecule has 0 saturated heterocycles. The van der Waals surface area contributed by atoms with Crippen molar-refractivity contribution in [3.05, 3.63) is 16.9 Å². The Balaban J connectivity index is 2.96. The molecule has 0 aliphatic carbocycles. The Morgan fingerprint density at radius 2 is 2.30 bits per heavy atom. The van der Waals surface area contributed by atoms with Crippen LogP contribution < -0.4 is 0 Å². The molecular weight excluding hydrogens is 148 g/mol. The lowest BCUT2D eigenvalue weighted by atomic mass is 10.3. The highest BCUT2D eigenvalue weighted by Crippen LogP contribution is 2.09. The summed E-state index contributed by atoms with van der Waals surface area (Å²) < 4.78 is 1.92. The fourth-order valence-electron chi connectivity index (χ4n) is 0.979. The van der Waals surface area contributed by atoms with Gasteiger partial charge in [-0.15, -0.1) is 0 Å². The van der Waals surface area contributed by atoms with Crippen molar-refractivity contribution >= 4 is 11.6 Å². The molecule has 0 aliphatic heterocycles. The van der Waals surface area contributed by atoms with Gasteiger partial charge < -0.3 is 0 Å². The van der Waals surface area contributed by atoms with Gasteiger partial charge in [0.15, 0.2) is 5.15 Å². The predicted molar refractivity (Wildman–Crippen MR) is 42.3 cm³/mol. The molecule has 1 rings (SSSR count). The number of hydrogen-bond acceptors (Lipinski definition) is 1. The summed E-state index contributed by atoms with van der Waals surface area (Å²) in [7, 11) is 0. The van der Waals surface area contributed by atoms with E-state index in [-0.39, 0.29) is 0 Å². The Morgan fingerprint density at radius 1 is 1.60 bits per heavy atom. The Labute approximate surface area is 65.8 Å². The molecule has 1 heterocycles. The maximum Gasteiger partial charge on any atom is 0.151 e. The summed E-state index contributed by atoms with van der Waals surface area (Å²) in [6.45, 7) is 5.05. The van der Waals surface area contributed by atoms with Gasteiger partial charge in [0.1, 0.15) is 0 Å². The molecule has 3 heteroatoms. The minimum Gasteiger partial charge on any atom is -0.268 e. The first-order valence-corrected chi connectivity index (χ1v) is 3.88. The Bertz CT molecular complexity index is 196. The Kier molecular flexibility index (Phi) is 2.33. The number of hydrogen-bond donors (Lipinski definition) is 0. The van der Waals surface area contributed by atoms with Crippen molar-refractivity contribution in [2.45, 2.75) is 26.8 Å². The van der Waals surface area contributed by atoms with E-state index < -0.39 is 0 Å². The van der Waals surface area contributed by atoms with Crippen LogP contribution >= 0.6 is 11.6 Å². The summed E-state index contributed by atoms with van der Waals surface area (Å²) in [5, 5.41) is 4.68. The van der Waals surface area contributed by atoms with Crippen LogP contribution in [0.4, 0.5) is 0 Å². The molecule has 10 heavy (non-hydrogen) atoms. The molecule has 1 aromatic rings. The molecule has 0 bridgehead atoms. The molecule has 0 saturated carbocycles. The van der Waals surface area contributed by atoms with Crippen molar-refractivity contribution in [1.82, 2.24) is 9.78 Å². The van der Waals surface area contributed by atoms with E-state index in [1.807, 2.05) is 10.7 Å². The third kappa shape index (κ3) is 1.32. The molecule has 0 radical (unpaired) electrons. The van der Waals surface area contributed by atoms with Crippen LogP contribution in [0.25, 0.3) is 0 Å². The van der Waals surface area contributed by atoms with Gasteiger partial charge in [0.2, 0.25) is 0 Å². The smallest absolute Gasteiger partial charge is 0.151 e. The Morgan fingerprint density at radius 3 is 2.70 bits per heavy atom. The standard InChI is InChI=1S/C7H11ClN2/c1-3-6-5-7(8)9-10(6)4-2/h5H,3-4H2,1-2H3. The quantitative estimate of drug-likeness (QED) is 0.645. The zero-order valence-corrected chi connectivity index (χ0v) is 7.02. The first-order chi connectivity index (χ1) is 4.77. The topological polar surface area (TPSA) is 17.8 Å². The van der Waals surface area contributed by atoms with Gasteiger partial charge in [0, 0.05) is 12.2 Å². The average Bonchev–Trinajstić information content (AvgIpc) is 2.30. The highest BCUT2D eigenvalue weighted by Gasteiger charge is 2.00. The molecule has 0 N–H and O–H groups in total. The first-order valence-electron chi connectivity index (χ1n) is 3.50. The van der Waals surface area contributed by atoms with Gasteiger partial charge in [0.05, 0.1) is 0 Å². The largest absolute Gasteiger partial charge is 0.268 e. The second-order valence-corrected chi connectivity index (χ2v) is 2.51. The lowest BCUT2D eigenvalue weighted by Crippen LogP contribution is -2.00. The summed E-state index contributed by atoms with van der Waals surface area (Å²) >= 11 is 5.69. The van der Waals surface area contributed by atoms with E-state index >= 15 is 0 Å². The fraction of sp³-hybridized carbons (Fsp3) is 0.571. The van der Waals surface area contributed by atoms with Crippen molar-refractivity contribution in [2.24, 2.45) is 0 Å². The minimum absolute atomic E-state index is 0.596. The molecule has 0 fully saturated rings. The number of nitrogens with zero attached hydrogens (tertiary/aromatic N) is 2. The average molecular weight is 159 g/mol. The van der Waals surface area contributed by atoms with Crippen molar-refractivity contribution < 1.29 is 0 Å². The summed E-state index contributed by atoms with van der Waals surface area (Å²) in [6.07, 6.45) is 0.994. The number of aryl methyl sites for hydroxylation is 2. The third-order valence-electron chi connectivity index (χ3n) is 1.50. The molecule has 0 unspecified atom stereocenters. The minimum atomic E-state index is 0.596. The third-order valence-corrected chi connectivity index (χ3v) is 1.68. The molecule has 0 atom stereocenters. The first kappa shape index (κ1) is 7.61. The van der Waals surface area contributed by atoms with E-state index in [4.69, 9.17) is 11.6 Å². The molecule has 0 aliphatic rings. The van der Waals surface area contributed by atoms with E-state index in [0.29, 0.717) is 5.15 Å². The van der Waals surface area contributed by atoms with Gasteiger partial charge in [-0.3, -0.25) is 4.68 Å². The lowest BCUT2D eigenvalue weighted by molar-refractivity contribution is 0.626. The van der Waals surface area contributed by atoms with Gasteiger partial charge in [-0.2, -0.15) is 5.10 Å². The molecule has 56 valence electrons. The van der Waals surface area contributed by atoms with E-state index in [0.717, 1.165) is 13.0 Å². The molecule has 0 aromatic carbocycles. The molecule has 0 amide bonds. The van der Waals surface area contributed by atoms with Crippen LogP contribution in [0.1, 0.15) is 19.5 Å². The maximum absolute atomic E-state index is 5.69. The van der Waals surface area contributed by atoms with Gasteiger partial charge in [-0.25, -0.2) is 0 Å². The van der Waals surface area contributed by atoms with Crippen LogP contribution in [-0.2, 0) is 13.0 Å². The van der Waals surface area contributed by atoms with Crippen LogP contribution in [0.5, 0.6) is 0 Å². The summed E-state index contributed by atoms with van der Waals surface area (Å²) in [4.78, 5) is 0. The van der Waals surface area contributed by atoms with E-state index in [2.05, 4.69) is 18.9 Å². The van der Waals surface area contributed by atoms with Gasteiger partial charge >= 0.3 is 0 Å². The summed E-state index contributed by atoms with van der Waals surface area (Å²) in [5.41, 5.74) is 1.20. The maximum atomic E-state index is 5.69. The fourth-order valence-corrected chi connectivity index (χ4v) is 1.20. The highest BCUT2D eigenvalue weighted by molar-refractivity contribution is 6.29. The second kappa shape index (κ2) is 3.06. The number of rotatable bonds is 2. The number of halogens is 1. The molecule has 0 spiro atoms. The van der Waals surface area contributed by atoms with Gasteiger partial charge in [-0.1, -0.05) is 18.5 Å². The normalized spacial score (nSPS) is 10.3. The van der Waals surface area contributed by atoms with Crippen LogP contribution in [-0.4, -0.2) is 9.78 Å². The van der Waals surface area contributed by atoms with Gasteiger partial charge in [-0.05, 0) is 19.4 Å². The molecular formula is C7H11ClN2. The Hall–Kier alpha value is -0.500. The van der Waals surface area contributed by atoms with Crippen molar-refractivity contribution in [2.75, 3.05) is 0 Å². The summed E-state index contributed by atoms with van der Waals surface area (Å²) in [6, 6.07) is 1.91. The van der Waals surface area contributed by atoms with E-state index in [9.17, 15) is 0 Å². The van der Waals surface area contributed by atoms with E-state index in [1.165, 1.54) is 5.69 Å². The predicted octanol–water partition coefficient (Wildman–Crippen LogP) is 2.12.